The number of phenols is 1. The lowest BCUT2D eigenvalue weighted by molar-refractivity contribution is -0.115. The number of nitrogens with zero attached hydrogens (tertiary/aromatic N) is 2. The first kappa shape index (κ1) is 28.0. The number of halogens is 2. The Morgan fingerprint density at radius 1 is 0.881 bits per heavy atom. The Morgan fingerprint density at radius 3 is 2.07 bits per heavy atom. The molecule has 1 saturated heterocycles. The molecule has 0 spiro atoms. The number of benzene rings is 4. The molecule has 3 heterocycles. The van der Waals surface area contributed by atoms with Crippen molar-refractivity contribution in [2.24, 2.45) is 4.99 Å². The molecule has 7 rings (SSSR count). The lowest BCUT2D eigenvalue weighted by Gasteiger charge is -2.43. The molecule has 0 radical (unpaired) electrons. The Labute approximate surface area is 276 Å². The largest absolute Gasteiger partial charge is 0.506 e. The molecule has 210 valence electrons. The standard InChI is InChI=1S/C34H27I2N3O2S/c35-23-15-22(32(40)29(36)17-23)16-30-33(41)38-34(42-30)37-24-18-27-25(20-7-3-1-4-8-20)11-13-39-14-12-26(28(19-24)31(27)39)21-9-5-2-6-10-21/h1-10,15-19,25-26,40H,11-14H2,(H,37,38,41)/b30-16-/t25-,26-/m0/s1. The number of hydrogen-bond acceptors (Lipinski definition) is 5. The molecule has 1 amide bonds. The number of aliphatic imine (C=N–C) groups is 1. The molecule has 0 saturated carbocycles. The summed E-state index contributed by atoms with van der Waals surface area (Å²) in [7, 11) is 0. The van der Waals surface area contributed by atoms with E-state index in [2.05, 4.69) is 128 Å². The molecular weight excluding hydrogens is 768 g/mol. The van der Waals surface area contributed by atoms with Gasteiger partial charge in [0.15, 0.2) is 5.17 Å². The first-order valence-corrected chi connectivity index (χ1v) is 16.9. The molecule has 0 aliphatic carbocycles. The van der Waals surface area contributed by atoms with Gasteiger partial charge in [0.05, 0.1) is 14.2 Å². The van der Waals surface area contributed by atoms with Crippen molar-refractivity contribution in [3.8, 4) is 5.75 Å². The number of amides is 1. The lowest BCUT2D eigenvalue weighted by Crippen LogP contribution is -2.37. The molecule has 4 aromatic rings. The van der Waals surface area contributed by atoms with Gasteiger partial charge in [-0.3, -0.25) is 4.79 Å². The quantitative estimate of drug-likeness (QED) is 0.161. The van der Waals surface area contributed by atoms with Crippen molar-refractivity contribution in [1.29, 1.82) is 0 Å². The van der Waals surface area contributed by atoms with Gasteiger partial charge in [-0.1, -0.05) is 60.7 Å². The predicted molar refractivity (Wildman–Crippen MR) is 189 cm³/mol. The van der Waals surface area contributed by atoms with E-state index >= 15 is 0 Å². The summed E-state index contributed by atoms with van der Waals surface area (Å²) in [5.74, 6) is 0.553. The number of aromatic hydroxyl groups is 1. The van der Waals surface area contributed by atoms with Crippen LogP contribution in [-0.4, -0.2) is 29.3 Å². The fourth-order valence-electron chi connectivity index (χ4n) is 6.34. The van der Waals surface area contributed by atoms with Crippen molar-refractivity contribution in [2.45, 2.75) is 24.7 Å². The molecule has 0 bridgehead atoms. The van der Waals surface area contributed by atoms with Crippen LogP contribution in [0.3, 0.4) is 0 Å². The molecule has 8 heteroatoms. The van der Waals surface area contributed by atoms with E-state index in [4.69, 9.17) is 4.99 Å². The summed E-state index contributed by atoms with van der Waals surface area (Å²) in [5.41, 5.74) is 8.11. The summed E-state index contributed by atoms with van der Waals surface area (Å²) < 4.78 is 1.75. The summed E-state index contributed by atoms with van der Waals surface area (Å²) >= 11 is 5.64. The van der Waals surface area contributed by atoms with Gasteiger partial charge in [-0.2, -0.15) is 0 Å². The number of rotatable bonds is 4. The van der Waals surface area contributed by atoms with Crippen LogP contribution in [-0.2, 0) is 4.79 Å². The average Bonchev–Trinajstić information content (AvgIpc) is 3.34. The molecular formula is C34H27I2N3O2S. The Bertz CT molecular complexity index is 1690. The van der Waals surface area contributed by atoms with Crippen molar-refractivity contribution in [2.75, 3.05) is 18.0 Å². The van der Waals surface area contributed by atoms with Crippen LogP contribution < -0.4 is 10.2 Å². The van der Waals surface area contributed by atoms with E-state index in [0.717, 1.165) is 38.8 Å². The summed E-state index contributed by atoms with van der Waals surface area (Å²) in [6.07, 6.45) is 3.86. The van der Waals surface area contributed by atoms with Gasteiger partial charge in [0.25, 0.3) is 5.91 Å². The van der Waals surface area contributed by atoms with Crippen molar-refractivity contribution in [3.63, 3.8) is 0 Å². The molecule has 0 unspecified atom stereocenters. The van der Waals surface area contributed by atoms with E-state index in [1.807, 2.05) is 12.1 Å². The van der Waals surface area contributed by atoms with Gasteiger partial charge in [-0.25, -0.2) is 4.99 Å². The smallest absolute Gasteiger partial charge is 0.264 e. The summed E-state index contributed by atoms with van der Waals surface area (Å²) in [6.45, 7) is 2.08. The average molecular weight is 795 g/mol. The number of thioether (sulfide) groups is 1. The fraction of sp³-hybridized carbons (Fsp3) is 0.176. The van der Waals surface area contributed by atoms with Crippen LogP contribution >= 0.6 is 56.9 Å². The number of anilines is 1. The highest BCUT2D eigenvalue weighted by molar-refractivity contribution is 14.1. The number of carbonyl (C=O) groups is 1. The maximum Gasteiger partial charge on any atom is 0.264 e. The Hall–Kier alpha value is -2.83. The third-order valence-electron chi connectivity index (χ3n) is 8.23. The van der Waals surface area contributed by atoms with E-state index < -0.39 is 0 Å². The van der Waals surface area contributed by atoms with Gasteiger partial charge in [0.1, 0.15) is 5.75 Å². The fourth-order valence-corrected chi connectivity index (χ4v) is 9.06. The highest BCUT2D eigenvalue weighted by Crippen LogP contribution is 2.50. The normalized spacial score (nSPS) is 21.5. The van der Waals surface area contributed by atoms with E-state index in [9.17, 15) is 9.90 Å². The van der Waals surface area contributed by atoms with Crippen molar-refractivity contribution in [1.82, 2.24) is 5.32 Å². The topological polar surface area (TPSA) is 64.9 Å². The minimum atomic E-state index is -0.207. The maximum atomic E-state index is 13.0. The first-order chi connectivity index (χ1) is 20.4. The van der Waals surface area contributed by atoms with Gasteiger partial charge in [-0.15, -0.1) is 0 Å². The zero-order valence-electron chi connectivity index (χ0n) is 22.6. The minimum Gasteiger partial charge on any atom is -0.506 e. The second kappa shape index (κ2) is 11.7. The number of nitrogens with one attached hydrogen (secondary N) is 1. The monoisotopic (exact) mass is 795 g/mol. The second-order valence-electron chi connectivity index (χ2n) is 10.8. The molecule has 3 aliphatic rings. The summed E-state index contributed by atoms with van der Waals surface area (Å²) in [6, 6.07) is 29.8. The van der Waals surface area contributed by atoms with Gasteiger partial charge in [0.2, 0.25) is 0 Å². The zero-order valence-corrected chi connectivity index (χ0v) is 27.7. The van der Waals surface area contributed by atoms with Gasteiger partial charge < -0.3 is 15.3 Å². The molecule has 3 aliphatic heterocycles. The van der Waals surface area contributed by atoms with Crippen LogP contribution in [0.1, 0.15) is 52.5 Å². The second-order valence-corrected chi connectivity index (χ2v) is 14.2. The molecule has 42 heavy (non-hydrogen) atoms. The highest BCUT2D eigenvalue weighted by atomic mass is 127. The third-order valence-corrected chi connectivity index (χ3v) is 10.6. The van der Waals surface area contributed by atoms with Crippen LogP contribution in [0.5, 0.6) is 5.75 Å². The van der Waals surface area contributed by atoms with Gasteiger partial charge in [0, 0.05) is 39.7 Å². The summed E-state index contributed by atoms with van der Waals surface area (Å²) in [5, 5.41) is 14.1. The maximum absolute atomic E-state index is 13.0. The number of hydrogen-bond donors (Lipinski definition) is 2. The Morgan fingerprint density at radius 2 is 1.48 bits per heavy atom. The van der Waals surface area contributed by atoms with Crippen molar-refractivity contribution in [3.05, 3.63) is 125 Å². The number of amidine groups is 1. The van der Waals surface area contributed by atoms with Crippen LogP contribution in [0, 0.1) is 7.14 Å². The number of phenolic OH excluding ortho intramolecular Hbond substituents is 1. The van der Waals surface area contributed by atoms with Gasteiger partial charge in [-0.05, 0) is 122 Å². The predicted octanol–water partition coefficient (Wildman–Crippen LogP) is 8.37. The van der Waals surface area contributed by atoms with E-state index in [0.29, 0.717) is 15.6 Å². The third kappa shape index (κ3) is 5.37. The van der Waals surface area contributed by atoms with Crippen LogP contribution in [0.4, 0.5) is 11.4 Å². The lowest BCUT2D eigenvalue weighted by atomic mass is 9.76. The molecule has 2 atom stereocenters. The molecule has 1 fully saturated rings. The zero-order chi connectivity index (χ0) is 28.8. The molecule has 5 nitrogen and oxygen atoms in total. The van der Waals surface area contributed by atoms with E-state index in [1.165, 1.54) is 39.7 Å². The molecule has 0 aromatic heterocycles. The number of carbonyl (C=O) groups excluding carboxylic acids is 1. The minimum absolute atomic E-state index is 0.180. The van der Waals surface area contributed by atoms with Crippen molar-refractivity contribution >= 4 is 85.5 Å². The van der Waals surface area contributed by atoms with Crippen LogP contribution in [0.2, 0.25) is 0 Å². The van der Waals surface area contributed by atoms with Crippen LogP contribution in [0.15, 0.2) is 94.8 Å². The Balaban J connectivity index is 1.31. The molecule has 2 N–H and O–H groups in total. The SMILES string of the molecule is O=C1NC(=Nc2cc3c4c(c2)[C@H](c2ccccc2)CCN4CC[C@H]3c2ccccc2)S/C1=C\c1cc(I)cc(I)c1O. The molecule has 4 aromatic carbocycles. The van der Waals surface area contributed by atoms with Crippen molar-refractivity contribution < 1.29 is 9.90 Å². The summed E-state index contributed by atoms with van der Waals surface area (Å²) in [4.78, 5) is 21.0. The first-order valence-electron chi connectivity index (χ1n) is 13.9. The van der Waals surface area contributed by atoms with Crippen LogP contribution in [0.25, 0.3) is 6.08 Å². The highest BCUT2D eigenvalue weighted by Gasteiger charge is 2.35. The van der Waals surface area contributed by atoms with E-state index in [1.54, 1.807) is 6.08 Å². The Kier molecular flexibility index (Phi) is 7.78. The van der Waals surface area contributed by atoms with E-state index in [-0.39, 0.29) is 23.5 Å². The van der Waals surface area contributed by atoms with Gasteiger partial charge >= 0.3 is 0 Å².